The molecule has 0 heterocycles. The highest BCUT2D eigenvalue weighted by Crippen LogP contribution is 2.15. The Balaban J connectivity index is 3.84. The lowest BCUT2D eigenvalue weighted by molar-refractivity contribution is -0.154. The molecule has 0 rings (SSSR count). The molecule has 16 heavy (non-hydrogen) atoms. The number of alkyl halides is 1. The minimum absolute atomic E-state index is 0.143. The average molecular weight is 294 g/mol. The minimum Gasteiger partial charge on any atom is -0.460 e. The van der Waals surface area contributed by atoms with Crippen molar-refractivity contribution in [3.8, 4) is 0 Å². The Morgan fingerprint density at radius 2 is 1.69 bits per heavy atom. The number of hydrogen-bond acceptors (Lipinski definition) is 3. The first kappa shape index (κ1) is 15.4. The molecular formula is C11H20BrNO3. The van der Waals surface area contributed by atoms with E-state index >= 15 is 0 Å². The van der Waals surface area contributed by atoms with Crippen LogP contribution in [0.3, 0.4) is 0 Å². The van der Waals surface area contributed by atoms with Gasteiger partial charge in [0.15, 0.2) is 0 Å². The molecular weight excluding hydrogens is 274 g/mol. The largest absolute Gasteiger partial charge is 0.460 e. The summed E-state index contributed by atoms with van der Waals surface area (Å²) in [6.07, 6.45) is 0.187. The smallest absolute Gasteiger partial charge is 0.308 e. The van der Waals surface area contributed by atoms with Gasteiger partial charge in [0.25, 0.3) is 0 Å². The normalized spacial score (nSPS) is 12.1. The lowest BCUT2D eigenvalue weighted by Crippen LogP contribution is -2.39. The van der Waals surface area contributed by atoms with E-state index in [0.29, 0.717) is 6.54 Å². The van der Waals surface area contributed by atoms with Gasteiger partial charge in [0.1, 0.15) is 5.60 Å². The maximum Gasteiger partial charge on any atom is 0.308 e. The van der Waals surface area contributed by atoms with Crippen molar-refractivity contribution in [2.75, 3.05) is 6.54 Å². The Morgan fingerprint density at radius 1 is 1.19 bits per heavy atom. The molecule has 0 saturated heterocycles. The van der Waals surface area contributed by atoms with Gasteiger partial charge in [-0.1, -0.05) is 15.9 Å². The van der Waals surface area contributed by atoms with Crippen molar-refractivity contribution < 1.29 is 14.3 Å². The molecule has 0 unspecified atom stereocenters. The second-order valence-electron chi connectivity index (χ2n) is 5.06. The zero-order chi connectivity index (χ0) is 13.0. The number of amides is 1. The molecule has 1 amide bonds. The molecule has 0 aromatic carbocycles. The molecule has 5 heteroatoms. The van der Waals surface area contributed by atoms with Crippen LogP contribution in [0.25, 0.3) is 0 Å². The van der Waals surface area contributed by atoms with E-state index in [9.17, 15) is 9.59 Å². The molecule has 0 aliphatic heterocycles. The lowest BCUT2D eigenvalue weighted by Gasteiger charge is -2.20. The molecule has 0 fully saturated rings. The zero-order valence-electron chi connectivity index (χ0n) is 10.5. The third-order valence-electron chi connectivity index (χ3n) is 1.57. The lowest BCUT2D eigenvalue weighted by atomic mass is 10.2. The molecule has 0 aliphatic rings. The standard InChI is InChI=1S/C11H20BrNO3/c1-10(2,3)16-8(14)6-7-13-9(15)11(4,5)12/h6-7H2,1-5H3,(H,13,15). The van der Waals surface area contributed by atoms with Crippen molar-refractivity contribution in [1.29, 1.82) is 0 Å². The third kappa shape index (κ3) is 7.68. The van der Waals surface area contributed by atoms with Crippen molar-refractivity contribution >= 4 is 27.8 Å². The summed E-state index contributed by atoms with van der Waals surface area (Å²) < 4.78 is 4.49. The van der Waals surface area contributed by atoms with Gasteiger partial charge in [0, 0.05) is 6.54 Å². The maximum atomic E-state index is 11.4. The van der Waals surface area contributed by atoms with Crippen LogP contribution in [0.4, 0.5) is 0 Å². The number of halogens is 1. The number of hydrogen-bond donors (Lipinski definition) is 1. The number of rotatable bonds is 4. The van der Waals surface area contributed by atoms with Gasteiger partial charge in [-0.3, -0.25) is 9.59 Å². The summed E-state index contributed by atoms with van der Waals surface area (Å²) >= 11 is 3.23. The number of ether oxygens (including phenoxy) is 1. The SMILES string of the molecule is CC(C)(C)OC(=O)CCNC(=O)C(C)(C)Br. The van der Waals surface area contributed by atoms with Crippen molar-refractivity contribution in [3.63, 3.8) is 0 Å². The summed E-state index contributed by atoms with van der Waals surface area (Å²) in [7, 11) is 0. The fraction of sp³-hybridized carbons (Fsp3) is 0.818. The highest BCUT2D eigenvalue weighted by Gasteiger charge is 2.23. The van der Waals surface area contributed by atoms with Gasteiger partial charge >= 0.3 is 5.97 Å². The first-order valence-electron chi connectivity index (χ1n) is 5.21. The van der Waals surface area contributed by atoms with E-state index in [1.807, 2.05) is 20.8 Å². The predicted molar refractivity (Wildman–Crippen MR) is 66.5 cm³/mol. The summed E-state index contributed by atoms with van der Waals surface area (Å²) in [5.74, 6) is -0.448. The molecule has 0 saturated carbocycles. The van der Waals surface area contributed by atoms with Crippen molar-refractivity contribution in [1.82, 2.24) is 5.32 Å². The van der Waals surface area contributed by atoms with Crippen LogP contribution in [0.15, 0.2) is 0 Å². The summed E-state index contributed by atoms with van der Waals surface area (Å²) in [5, 5.41) is 2.65. The van der Waals surface area contributed by atoms with Crippen LogP contribution >= 0.6 is 15.9 Å². The molecule has 0 atom stereocenters. The van der Waals surface area contributed by atoms with E-state index < -0.39 is 9.93 Å². The van der Waals surface area contributed by atoms with E-state index in [-0.39, 0.29) is 18.3 Å². The van der Waals surface area contributed by atoms with E-state index in [4.69, 9.17) is 4.74 Å². The van der Waals surface area contributed by atoms with Gasteiger partial charge in [-0.2, -0.15) is 0 Å². The Morgan fingerprint density at radius 3 is 2.06 bits per heavy atom. The van der Waals surface area contributed by atoms with Crippen LogP contribution in [-0.4, -0.2) is 28.3 Å². The number of carbonyl (C=O) groups excluding carboxylic acids is 2. The average Bonchev–Trinajstić information content (AvgIpc) is 1.98. The molecule has 0 aromatic heterocycles. The second kappa shape index (κ2) is 5.66. The van der Waals surface area contributed by atoms with E-state index in [2.05, 4.69) is 21.2 Å². The summed E-state index contributed by atoms with van der Waals surface area (Å²) in [6, 6.07) is 0. The van der Waals surface area contributed by atoms with E-state index in [0.717, 1.165) is 0 Å². The van der Waals surface area contributed by atoms with Crippen LogP contribution in [0.2, 0.25) is 0 Å². The molecule has 1 N–H and O–H groups in total. The zero-order valence-corrected chi connectivity index (χ0v) is 12.1. The molecule has 0 bridgehead atoms. The molecule has 0 radical (unpaired) electrons. The molecule has 0 aromatic rings. The maximum absolute atomic E-state index is 11.4. The number of esters is 1. The minimum atomic E-state index is -0.610. The Hall–Kier alpha value is -0.580. The van der Waals surface area contributed by atoms with Crippen molar-refractivity contribution in [3.05, 3.63) is 0 Å². The van der Waals surface area contributed by atoms with Gasteiger partial charge in [-0.05, 0) is 34.6 Å². The van der Waals surface area contributed by atoms with Crippen LogP contribution in [-0.2, 0) is 14.3 Å². The predicted octanol–water partition coefficient (Wildman–Crippen LogP) is 2.01. The first-order valence-corrected chi connectivity index (χ1v) is 6.01. The number of carbonyl (C=O) groups is 2. The van der Waals surface area contributed by atoms with Gasteiger partial charge in [-0.25, -0.2) is 0 Å². The van der Waals surface area contributed by atoms with Gasteiger partial charge in [-0.15, -0.1) is 0 Å². The quantitative estimate of drug-likeness (QED) is 0.637. The molecule has 0 aliphatic carbocycles. The second-order valence-corrected chi connectivity index (χ2v) is 7.05. The Labute approximate surface area is 105 Å². The summed E-state index contributed by atoms with van der Waals surface area (Å²) in [6.45, 7) is 9.22. The summed E-state index contributed by atoms with van der Waals surface area (Å²) in [5.41, 5.74) is -0.476. The Kier molecular flexibility index (Phi) is 5.46. The van der Waals surface area contributed by atoms with Crippen LogP contribution < -0.4 is 5.32 Å². The summed E-state index contributed by atoms with van der Waals surface area (Å²) in [4.78, 5) is 22.7. The highest BCUT2D eigenvalue weighted by molar-refractivity contribution is 9.10. The van der Waals surface area contributed by atoms with E-state index in [1.165, 1.54) is 0 Å². The van der Waals surface area contributed by atoms with E-state index in [1.54, 1.807) is 13.8 Å². The molecule has 94 valence electrons. The fourth-order valence-corrected chi connectivity index (χ4v) is 1.02. The van der Waals surface area contributed by atoms with Gasteiger partial charge in [0.05, 0.1) is 10.7 Å². The van der Waals surface area contributed by atoms with Crippen LogP contribution in [0.5, 0.6) is 0 Å². The Bertz CT molecular complexity index is 263. The van der Waals surface area contributed by atoms with Crippen molar-refractivity contribution in [2.24, 2.45) is 0 Å². The van der Waals surface area contributed by atoms with Crippen LogP contribution in [0.1, 0.15) is 41.0 Å². The van der Waals surface area contributed by atoms with Crippen molar-refractivity contribution in [2.45, 2.75) is 51.0 Å². The monoisotopic (exact) mass is 293 g/mol. The highest BCUT2D eigenvalue weighted by atomic mass is 79.9. The molecule has 4 nitrogen and oxygen atoms in total. The van der Waals surface area contributed by atoms with Crippen LogP contribution in [0, 0.1) is 0 Å². The fourth-order valence-electron chi connectivity index (χ4n) is 0.881. The van der Waals surface area contributed by atoms with Gasteiger partial charge < -0.3 is 10.1 Å². The topological polar surface area (TPSA) is 55.4 Å². The first-order chi connectivity index (χ1) is 7.02. The number of nitrogens with one attached hydrogen (secondary N) is 1. The van der Waals surface area contributed by atoms with Gasteiger partial charge in [0.2, 0.25) is 5.91 Å². The molecule has 0 spiro atoms. The third-order valence-corrected chi connectivity index (χ3v) is 1.93.